The summed E-state index contributed by atoms with van der Waals surface area (Å²) in [4.78, 5) is 26.9. The molecule has 0 spiro atoms. The van der Waals surface area contributed by atoms with E-state index in [1.807, 2.05) is 0 Å². The fraction of sp³-hybridized carbons (Fsp3) is 0.375. The number of thiazole rings is 1. The molecule has 0 aliphatic carbocycles. The van der Waals surface area contributed by atoms with Gasteiger partial charge in [-0.2, -0.15) is 0 Å². The Kier molecular flexibility index (Phi) is 6.86. The summed E-state index contributed by atoms with van der Waals surface area (Å²) in [7, 11) is 0. The van der Waals surface area contributed by atoms with Gasteiger partial charge in [-0.15, -0.1) is 23.7 Å². The maximum atomic E-state index is 12.2. The van der Waals surface area contributed by atoms with Gasteiger partial charge in [-0.1, -0.05) is 12.1 Å². The number of rotatable bonds is 5. The Balaban J connectivity index is 0.00000225. The van der Waals surface area contributed by atoms with Crippen LogP contribution in [0.3, 0.4) is 0 Å². The zero-order chi connectivity index (χ0) is 16.9. The van der Waals surface area contributed by atoms with Crippen molar-refractivity contribution in [3.8, 4) is 10.6 Å². The van der Waals surface area contributed by atoms with E-state index < -0.39 is 4.92 Å². The molecule has 1 aromatic heterocycles. The molecular formula is C16H19ClN4O3S. The minimum atomic E-state index is -0.442. The molecule has 1 amide bonds. The number of non-ortho nitro benzene ring substituents is 1. The van der Waals surface area contributed by atoms with Crippen molar-refractivity contribution in [3.63, 3.8) is 0 Å². The van der Waals surface area contributed by atoms with Crippen molar-refractivity contribution in [1.29, 1.82) is 0 Å². The van der Waals surface area contributed by atoms with E-state index in [4.69, 9.17) is 0 Å². The molecule has 134 valence electrons. The molecule has 1 aliphatic rings. The molecule has 0 radical (unpaired) electrons. The molecule has 2 aromatic rings. The second-order valence-corrected chi connectivity index (χ2v) is 6.63. The molecular weight excluding hydrogens is 364 g/mol. The number of piperidine rings is 1. The molecule has 2 N–H and O–H groups in total. The van der Waals surface area contributed by atoms with Crippen molar-refractivity contribution >= 4 is 35.3 Å². The van der Waals surface area contributed by atoms with Gasteiger partial charge in [0.1, 0.15) is 10.7 Å². The van der Waals surface area contributed by atoms with E-state index in [1.54, 1.807) is 17.5 Å². The molecule has 1 aromatic carbocycles. The van der Waals surface area contributed by atoms with Crippen molar-refractivity contribution in [2.75, 3.05) is 19.6 Å². The molecule has 1 fully saturated rings. The Labute approximate surface area is 155 Å². The van der Waals surface area contributed by atoms with E-state index in [1.165, 1.54) is 23.5 Å². The van der Waals surface area contributed by atoms with Crippen LogP contribution in [0.1, 0.15) is 23.3 Å². The Morgan fingerprint density at radius 1 is 1.48 bits per heavy atom. The molecule has 1 aliphatic heterocycles. The van der Waals surface area contributed by atoms with Crippen LogP contribution >= 0.6 is 23.7 Å². The largest absolute Gasteiger partial charge is 0.350 e. The number of halogens is 1. The number of benzene rings is 1. The number of nitro groups is 1. The lowest BCUT2D eigenvalue weighted by atomic mass is 10.00. The van der Waals surface area contributed by atoms with Crippen LogP contribution in [0.2, 0.25) is 0 Å². The number of hydrogen-bond acceptors (Lipinski definition) is 6. The highest BCUT2D eigenvalue weighted by molar-refractivity contribution is 7.13. The van der Waals surface area contributed by atoms with Gasteiger partial charge in [0.2, 0.25) is 0 Å². The molecule has 1 saturated heterocycles. The van der Waals surface area contributed by atoms with Crippen LogP contribution in [0.4, 0.5) is 5.69 Å². The number of aromatic nitrogens is 1. The predicted molar refractivity (Wildman–Crippen MR) is 99.4 cm³/mol. The Morgan fingerprint density at radius 2 is 2.32 bits per heavy atom. The Bertz CT molecular complexity index is 746. The summed E-state index contributed by atoms with van der Waals surface area (Å²) >= 11 is 1.31. The van der Waals surface area contributed by atoms with Crippen LogP contribution in [0, 0.1) is 16.0 Å². The lowest BCUT2D eigenvalue weighted by Gasteiger charge is -2.22. The standard InChI is InChI=1S/C16H18N4O3S.ClH/c21-15(18-9-11-3-2-6-17-8-11)14-10-24-16(19-14)12-4-1-5-13(7-12)20(22)23;/h1,4-5,7,10-11,17H,2-3,6,8-9H2,(H,18,21);1H. The third-order valence-corrected chi connectivity index (χ3v) is 4.88. The van der Waals surface area contributed by atoms with Gasteiger partial charge in [0.05, 0.1) is 4.92 Å². The van der Waals surface area contributed by atoms with E-state index in [0.29, 0.717) is 28.7 Å². The smallest absolute Gasteiger partial charge is 0.270 e. The molecule has 2 heterocycles. The summed E-state index contributed by atoms with van der Waals surface area (Å²) in [6.45, 7) is 2.61. The summed E-state index contributed by atoms with van der Waals surface area (Å²) in [5.74, 6) is 0.256. The summed E-state index contributed by atoms with van der Waals surface area (Å²) < 4.78 is 0. The van der Waals surface area contributed by atoms with Crippen LogP contribution in [0.5, 0.6) is 0 Å². The first kappa shape index (κ1) is 19.3. The van der Waals surface area contributed by atoms with E-state index in [-0.39, 0.29) is 24.0 Å². The molecule has 9 heteroatoms. The highest BCUT2D eigenvalue weighted by Gasteiger charge is 2.17. The SMILES string of the molecule is Cl.O=C(NCC1CCCNC1)c1csc(-c2cccc([N+](=O)[O-])c2)n1. The third-order valence-electron chi connectivity index (χ3n) is 3.99. The van der Waals surface area contributed by atoms with Crippen molar-refractivity contribution in [3.05, 3.63) is 45.5 Å². The van der Waals surface area contributed by atoms with E-state index in [2.05, 4.69) is 15.6 Å². The van der Waals surface area contributed by atoms with Crippen molar-refractivity contribution in [2.45, 2.75) is 12.8 Å². The van der Waals surface area contributed by atoms with Gasteiger partial charge in [-0.3, -0.25) is 14.9 Å². The van der Waals surface area contributed by atoms with Gasteiger partial charge >= 0.3 is 0 Å². The van der Waals surface area contributed by atoms with Gasteiger partial charge in [-0.25, -0.2) is 4.98 Å². The lowest BCUT2D eigenvalue weighted by Crippen LogP contribution is -2.38. The van der Waals surface area contributed by atoms with E-state index in [9.17, 15) is 14.9 Å². The first-order valence-electron chi connectivity index (χ1n) is 7.83. The number of amides is 1. The maximum Gasteiger partial charge on any atom is 0.270 e. The monoisotopic (exact) mass is 382 g/mol. The number of hydrogen-bond donors (Lipinski definition) is 2. The maximum absolute atomic E-state index is 12.2. The summed E-state index contributed by atoms with van der Waals surface area (Å²) in [6.07, 6.45) is 2.25. The average Bonchev–Trinajstić information content (AvgIpc) is 3.11. The highest BCUT2D eigenvalue weighted by atomic mass is 35.5. The zero-order valence-corrected chi connectivity index (χ0v) is 15.1. The van der Waals surface area contributed by atoms with Gasteiger partial charge in [0.25, 0.3) is 11.6 Å². The average molecular weight is 383 g/mol. The number of carbonyl (C=O) groups excluding carboxylic acids is 1. The Hall–Kier alpha value is -2.03. The van der Waals surface area contributed by atoms with Crippen molar-refractivity contribution < 1.29 is 9.72 Å². The molecule has 1 unspecified atom stereocenters. The number of nitrogens with one attached hydrogen (secondary N) is 2. The zero-order valence-electron chi connectivity index (χ0n) is 13.4. The predicted octanol–water partition coefficient (Wildman–Crippen LogP) is 2.87. The number of nitro benzene ring substituents is 1. The van der Waals surface area contributed by atoms with Crippen LogP contribution < -0.4 is 10.6 Å². The number of carbonyl (C=O) groups is 1. The topological polar surface area (TPSA) is 97.2 Å². The van der Waals surface area contributed by atoms with Crippen LogP contribution in [-0.4, -0.2) is 35.4 Å². The second-order valence-electron chi connectivity index (χ2n) is 5.77. The molecule has 1 atom stereocenters. The van der Waals surface area contributed by atoms with Gasteiger partial charge in [0.15, 0.2) is 0 Å². The molecule has 3 rings (SSSR count). The first-order chi connectivity index (χ1) is 11.6. The van der Waals surface area contributed by atoms with Crippen LogP contribution in [0.15, 0.2) is 29.6 Å². The quantitative estimate of drug-likeness (QED) is 0.612. The normalized spacial score (nSPS) is 16.7. The lowest BCUT2D eigenvalue weighted by molar-refractivity contribution is -0.384. The second kappa shape index (κ2) is 8.89. The Morgan fingerprint density at radius 3 is 3.04 bits per heavy atom. The van der Waals surface area contributed by atoms with Crippen LogP contribution in [-0.2, 0) is 0 Å². The summed E-state index contributed by atoms with van der Waals surface area (Å²) in [5, 5.41) is 19.4. The molecule has 0 bridgehead atoms. The third kappa shape index (κ3) is 4.97. The minimum absolute atomic E-state index is 0. The molecule has 0 saturated carbocycles. The fourth-order valence-electron chi connectivity index (χ4n) is 2.69. The number of nitrogens with zero attached hydrogens (tertiary/aromatic N) is 2. The fourth-order valence-corrected chi connectivity index (χ4v) is 3.49. The summed E-state index contributed by atoms with van der Waals surface area (Å²) in [6, 6.07) is 6.27. The highest BCUT2D eigenvalue weighted by Crippen LogP contribution is 2.26. The van der Waals surface area contributed by atoms with Crippen LogP contribution in [0.25, 0.3) is 10.6 Å². The first-order valence-corrected chi connectivity index (χ1v) is 8.71. The van der Waals surface area contributed by atoms with Gasteiger partial charge in [0, 0.05) is 29.6 Å². The van der Waals surface area contributed by atoms with Crippen molar-refractivity contribution in [1.82, 2.24) is 15.6 Å². The minimum Gasteiger partial charge on any atom is -0.350 e. The van der Waals surface area contributed by atoms with Gasteiger partial charge < -0.3 is 10.6 Å². The van der Waals surface area contributed by atoms with Crippen molar-refractivity contribution in [2.24, 2.45) is 5.92 Å². The van der Waals surface area contributed by atoms with E-state index >= 15 is 0 Å². The summed E-state index contributed by atoms with van der Waals surface area (Å²) in [5.41, 5.74) is 1.01. The molecule has 25 heavy (non-hydrogen) atoms. The molecule has 7 nitrogen and oxygen atoms in total. The van der Waals surface area contributed by atoms with E-state index in [0.717, 1.165) is 25.9 Å². The van der Waals surface area contributed by atoms with Gasteiger partial charge in [-0.05, 0) is 31.8 Å².